The topological polar surface area (TPSA) is 67.9 Å². The van der Waals surface area contributed by atoms with E-state index >= 15 is 0 Å². The minimum atomic E-state index is -0.228. The lowest BCUT2D eigenvalue weighted by molar-refractivity contribution is 0.181. The number of pyridine rings is 1. The van der Waals surface area contributed by atoms with Crippen molar-refractivity contribution in [2.45, 2.75) is 6.61 Å². The molecule has 0 aliphatic heterocycles. The number of nitrogens with one attached hydrogen (secondary N) is 1. The van der Waals surface area contributed by atoms with Crippen molar-refractivity contribution in [3.05, 3.63) is 56.9 Å². The van der Waals surface area contributed by atoms with Gasteiger partial charge in [-0.3, -0.25) is 4.79 Å². The molecule has 0 fully saturated rings. The first-order valence-electron chi connectivity index (χ1n) is 6.32. The van der Waals surface area contributed by atoms with Gasteiger partial charge in [-0.15, -0.1) is 0 Å². The molecular formula is C15H12BrN3O2. The Labute approximate surface area is 129 Å². The quantitative estimate of drug-likeness (QED) is 0.792. The first-order valence-corrected chi connectivity index (χ1v) is 7.11. The van der Waals surface area contributed by atoms with Crippen LogP contribution in [0.4, 0.5) is 0 Å². The van der Waals surface area contributed by atoms with E-state index in [1.807, 2.05) is 30.3 Å². The van der Waals surface area contributed by atoms with E-state index < -0.39 is 0 Å². The molecule has 21 heavy (non-hydrogen) atoms. The zero-order valence-electron chi connectivity index (χ0n) is 11.3. The lowest BCUT2D eigenvalue weighted by Gasteiger charge is -2.07. The SMILES string of the molecule is COCc1cc(=O)[nH]c(-c2nc3ccccc3cc2Br)n1. The van der Waals surface area contributed by atoms with Crippen molar-refractivity contribution in [2.75, 3.05) is 7.11 Å². The van der Waals surface area contributed by atoms with Gasteiger partial charge in [-0.25, -0.2) is 9.97 Å². The van der Waals surface area contributed by atoms with Crippen LogP contribution in [0, 0.1) is 0 Å². The third-order valence-corrected chi connectivity index (χ3v) is 3.59. The number of halogens is 1. The summed E-state index contributed by atoms with van der Waals surface area (Å²) in [5.41, 5.74) is 1.78. The van der Waals surface area contributed by atoms with Crippen LogP contribution in [0.3, 0.4) is 0 Å². The van der Waals surface area contributed by atoms with Crippen LogP contribution >= 0.6 is 15.9 Å². The number of benzene rings is 1. The second-order valence-corrected chi connectivity index (χ2v) is 5.38. The van der Waals surface area contributed by atoms with Gasteiger partial charge in [0.25, 0.3) is 5.56 Å². The fraction of sp³-hybridized carbons (Fsp3) is 0.133. The predicted molar refractivity (Wildman–Crippen MR) is 84.0 cm³/mol. The Morgan fingerprint density at radius 2 is 2.05 bits per heavy atom. The molecule has 1 N–H and O–H groups in total. The Kier molecular flexibility index (Phi) is 3.81. The number of aromatic amines is 1. The summed E-state index contributed by atoms with van der Waals surface area (Å²) in [4.78, 5) is 23.4. The fourth-order valence-electron chi connectivity index (χ4n) is 2.10. The third kappa shape index (κ3) is 2.86. The smallest absolute Gasteiger partial charge is 0.251 e. The van der Waals surface area contributed by atoms with Gasteiger partial charge in [0.05, 0.1) is 17.8 Å². The number of hydrogen-bond acceptors (Lipinski definition) is 4. The summed E-state index contributed by atoms with van der Waals surface area (Å²) < 4.78 is 5.80. The third-order valence-electron chi connectivity index (χ3n) is 2.99. The fourth-order valence-corrected chi connectivity index (χ4v) is 2.62. The minimum Gasteiger partial charge on any atom is -0.378 e. The number of para-hydroxylation sites is 1. The highest BCUT2D eigenvalue weighted by Crippen LogP contribution is 2.27. The number of nitrogens with zero attached hydrogens (tertiary/aromatic N) is 2. The van der Waals surface area contributed by atoms with Crippen LogP contribution in [-0.2, 0) is 11.3 Å². The summed E-state index contributed by atoms with van der Waals surface area (Å²) in [6.07, 6.45) is 0. The number of H-pyrrole nitrogens is 1. The second-order valence-electron chi connectivity index (χ2n) is 4.53. The van der Waals surface area contributed by atoms with Crippen molar-refractivity contribution in [2.24, 2.45) is 0 Å². The monoisotopic (exact) mass is 345 g/mol. The Balaban J connectivity index is 2.19. The maximum atomic E-state index is 11.7. The number of ether oxygens (including phenoxy) is 1. The van der Waals surface area contributed by atoms with Crippen LogP contribution in [0.1, 0.15) is 5.69 Å². The van der Waals surface area contributed by atoms with E-state index in [0.29, 0.717) is 17.2 Å². The van der Waals surface area contributed by atoms with Gasteiger partial charge in [0, 0.05) is 23.0 Å². The molecule has 0 saturated carbocycles. The van der Waals surface area contributed by atoms with E-state index in [1.165, 1.54) is 6.07 Å². The van der Waals surface area contributed by atoms with Crippen LogP contribution < -0.4 is 5.56 Å². The molecule has 3 aromatic rings. The van der Waals surface area contributed by atoms with Crippen LogP contribution in [0.25, 0.3) is 22.4 Å². The maximum Gasteiger partial charge on any atom is 0.251 e. The van der Waals surface area contributed by atoms with Gasteiger partial charge in [0.2, 0.25) is 0 Å². The standard InChI is InChI=1S/C15H12BrN3O2/c1-21-8-10-7-13(20)19-15(17-10)14-11(16)6-9-4-2-3-5-12(9)18-14/h2-7H,8H2,1H3,(H,17,19,20). The van der Waals surface area contributed by atoms with E-state index in [4.69, 9.17) is 4.74 Å². The number of rotatable bonds is 3. The Morgan fingerprint density at radius 3 is 2.86 bits per heavy atom. The highest BCUT2D eigenvalue weighted by molar-refractivity contribution is 9.10. The molecule has 0 amide bonds. The average molecular weight is 346 g/mol. The van der Waals surface area contributed by atoms with Crippen molar-refractivity contribution >= 4 is 26.8 Å². The van der Waals surface area contributed by atoms with Crippen LogP contribution in [0.5, 0.6) is 0 Å². The number of aromatic nitrogens is 3. The largest absolute Gasteiger partial charge is 0.378 e. The van der Waals surface area contributed by atoms with Crippen molar-refractivity contribution in [1.29, 1.82) is 0 Å². The lowest BCUT2D eigenvalue weighted by atomic mass is 10.2. The highest BCUT2D eigenvalue weighted by Gasteiger charge is 2.11. The predicted octanol–water partition coefficient (Wildman–Crippen LogP) is 2.89. The van der Waals surface area contributed by atoms with Gasteiger partial charge in [-0.2, -0.15) is 0 Å². The molecule has 0 aliphatic rings. The Hall–Kier alpha value is -2.05. The molecule has 3 rings (SSSR count). The van der Waals surface area contributed by atoms with Gasteiger partial charge in [0.1, 0.15) is 5.69 Å². The van der Waals surface area contributed by atoms with E-state index in [9.17, 15) is 4.79 Å². The van der Waals surface area contributed by atoms with E-state index in [-0.39, 0.29) is 12.2 Å². The van der Waals surface area contributed by atoms with Gasteiger partial charge in [-0.1, -0.05) is 18.2 Å². The molecule has 0 bridgehead atoms. The molecule has 0 unspecified atom stereocenters. The summed E-state index contributed by atoms with van der Waals surface area (Å²) in [7, 11) is 1.56. The highest BCUT2D eigenvalue weighted by atomic mass is 79.9. The Bertz CT molecular complexity index is 861. The van der Waals surface area contributed by atoms with E-state index in [1.54, 1.807) is 7.11 Å². The molecule has 0 radical (unpaired) electrons. The first-order chi connectivity index (χ1) is 10.2. The Morgan fingerprint density at radius 1 is 1.24 bits per heavy atom. The van der Waals surface area contributed by atoms with Crippen molar-refractivity contribution in [3.63, 3.8) is 0 Å². The van der Waals surface area contributed by atoms with Gasteiger partial charge in [0.15, 0.2) is 5.82 Å². The molecule has 6 heteroatoms. The molecule has 1 aromatic carbocycles. The van der Waals surface area contributed by atoms with E-state index in [2.05, 4.69) is 30.9 Å². The number of fused-ring (bicyclic) bond motifs is 1. The summed E-state index contributed by atoms with van der Waals surface area (Å²) in [5, 5.41) is 1.02. The summed E-state index contributed by atoms with van der Waals surface area (Å²) in [6.45, 7) is 0.280. The van der Waals surface area contributed by atoms with Crippen molar-refractivity contribution in [3.8, 4) is 11.5 Å². The zero-order valence-corrected chi connectivity index (χ0v) is 12.8. The first kappa shape index (κ1) is 13.9. The van der Waals surface area contributed by atoms with Crippen LogP contribution in [-0.4, -0.2) is 22.1 Å². The van der Waals surface area contributed by atoms with Gasteiger partial charge in [-0.05, 0) is 28.1 Å². The number of hydrogen-bond donors (Lipinski definition) is 1. The van der Waals surface area contributed by atoms with Gasteiger partial charge < -0.3 is 9.72 Å². The molecule has 5 nitrogen and oxygen atoms in total. The molecule has 0 saturated heterocycles. The summed E-state index contributed by atoms with van der Waals surface area (Å²) in [5.74, 6) is 0.423. The zero-order chi connectivity index (χ0) is 14.8. The van der Waals surface area contributed by atoms with Crippen LogP contribution in [0.15, 0.2) is 45.7 Å². The molecule has 0 spiro atoms. The van der Waals surface area contributed by atoms with Crippen molar-refractivity contribution < 1.29 is 4.74 Å². The van der Waals surface area contributed by atoms with Crippen molar-refractivity contribution in [1.82, 2.24) is 15.0 Å². The second kappa shape index (κ2) is 5.75. The normalized spacial score (nSPS) is 11.0. The molecule has 2 aromatic heterocycles. The van der Waals surface area contributed by atoms with Gasteiger partial charge >= 0.3 is 0 Å². The molecular weight excluding hydrogens is 334 g/mol. The molecule has 0 aliphatic carbocycles. The maximum absolute atomic E-state index is 11.7. The summed E-state index contributed by atoms with van der Waals surface area (Å²) in [6, 6.07) is 11.2. The average Bonchev–Trinajstić information content (AvgIpc) is 2.46. The molecule has 106 valence electrons. The summed E-state index contributed by atoms with van der Waals surface area (Å²) >= 11 is 3.49. The lowest BCUT2D eigenvalue weighted by Crippen LogP contribution is -2.11. The molecule has 0 atom stereocenters. The number of methoxy groups -OCH3 is 1. The van der Waals surface area contributed by atoms with E-state index in [0.717, 1.165) is 15.4 Å². The minimum absolute atomic E-state index is 0.228. The van der Waals surface area contributed by atoms with Crippen LogP contribution in [0.2, 0.25) is 0 Å². The molecule has 2 heterocycles.